The van der Waals surface area contributed by atoms with Gasteiger partial charge >= 0.3 is 152 Å². The molecule has 5 rings (SSSR count). The summed E-state index contributed by atoms with van der Waals surface area (Å²) in [6.07, 6.45) is -3.13. The summed E-state index contributed by atoms with van der Waals surface area (Å²) in [4.78, 5) is 13.0. The average Bonchev–Trinajstić information content (AvgIpc) is 2.93. The molecule has 0 bridgehead atoms. The van der Waals surface area contributed by atoms with E-state index in [9.17, 15) is 4.89 Å². The van der Waals surface area contributed by atoms with Gasteiger partial charge in [0.2, 0.25) is 0 Å². The fourth-order valence-corrected chi connectivity index (χ4v) is 5.96. The van der Waals surface area contributed by atoms with Crippen molar-refractivity contribution in [1.29, 1.82) is 0 Å². The number of hydrogen-bond donors (Lipinski definition) is 1. The Kier molecular flexibility index (Phi) is 7.05. The third kappa shape index (κ3) is 4.64. The third-order valence-corrected chi connectivity index (χ3v) is 7.59. The van der Waals surface area contributed by atoms with E-state index < -0.39 is 6.19 Å². The Labute approximate surface area is 197 Å². The first-order valence-corrected chi connectivity index (χ1v) is 14.7. The summed E-state index contributed by atoms with van der Waals surface area (Å²) >= 11 is 2.70. The van der Waals surface area contributed by atoms with Crippen molar-refractivity contribution in [2.45, 2.75) is 20.8 Å². The maximum atomic E-state index is 10.6. The molecule has 0 radical (unpaired) electrons. The van der Waals surface area contributed by atoms with Crippen molar-refractivity contribution in [1.82, 2.24) is 4.90 Å². The van der Waals surface area contributed by atoms with Crippen LogP contribution in [-0.4, -0.2) is 44.5 Å². The van der Waals surface area contributed by atoms with E-state index in [4.69, 9.17) is 9.05 Å². The summed E-state index contributed by atoms with van der Waals surface area (Å²) in [5.41, 5.74) is 1.91. The number of nitrogens with zero attached hydrogens (tertiary/aromatic N) is 1. The Morgan fingerprint density at radius 3 is 1.47 bits per heavy atom. The van der Waals surface area contributed by atoms with Gasteiger partial charge in [0.1, 0.15) is 0 Å². The Morgan fingerprint density at radius 1 is 0.688 bits per heavy atom. The maximum absolute atomic E-state index is 10.6. The Bertz CT molecular complexity index is 1210. The molecule has 1 heterocycles. The molecule has 6 heteroatoms. The molecule has 0 atom stereocenters. The van der Waals surface area contributed by atoms with Crippen molar-refractivity contribution in [3.05, 3.63) is 72.8 Å². The molecule has 4 aromatic carbocycles. The summed E-state index contributed by atoms with van der Waals surface area (Å²) in [6.45, 7) is 10.1. The molecule has 0 unspecified atom stereocenters. The third-order valence-electron chi connectivity index (χ3n) is 5.80. The molecular weight excluding hydrogens is 484 g/mol. The van der Waals surface area contributed by atoms with Crippen LogP contribution in [0.3, 0.4) is 0 Å². The van der Waals surface area contributed by atoms with Gasteiger partial charge in [0.25, 0.3) is 0 Å². The van der Waals surface area contributed by atoms with E-state index >= 15 is 0 Å². The van der Waals surface area contributed by atoms with Crippen LogP contribution in [0.4, 0.5) is 0 Å². The van der Waals surface area contributed by atoms with Crippen LogP contribution in [0.25, 0.3) is 32.7 Å². The molecule has 0 aliphatic carbocycles. The minimum atomic E-state index is -3.13. The van der Waals surface area contributed by atoms with Crippen LogP contribution >= 0.6 is 6.19 Å². The normalized spacial score (nSPS) is 13.9. The first-order chi connectivity index (χ1) is 15.5. The van der Waals surface area contributed by atoms with Gasteiger partial charge in [-0.1, -0.05) is 20.8 Å². The Balaban J connectivity index is 0.000000307. The van der Waals surface area contributed by atoms with E-state index in [0.717, 1.165) is 32.7 Å². The first-order valence-electron chi connectivity index (χ1n) is 11.0. The molecule has 0 spiro atoms. The van der Waals surface area contributed by atoms with E-state index in [0.29, 0.717) is 11.5 Å². The summed E-state index contributed by atoms with van der Waals surface area (Å²) < 4.78 is 11.7. The van der Waals surface area contributed by atoms with Crippen molar-refractivity contribution in [2.24, 2.45) is 0 Å². The molecule has 166 valence electrons. The van der Waals surface area contributed by atoms with Crippen LogP contribution in [0.1, 0.15) is 20.8 Å². The van der Waals surface area contributed by atoms with Crippen LogP contribution in [0.15, 0.2) is 72.8 Å². The molecule has 0 saturated heterocycles. The summed E-state index contributed by atoms with van der Waals surface area (Å²) in [7, 11) is 0. The van der Waals surface area contributed by atoms with E-state index in [1.165, 1.54) is 19.6 Å². The summed E-state index contributed by atoms with van der Waals surface area (Å²) in [5.74, 6) is 1.26. The average molecular weight is 512 g/mol. The molecular formula is C26H28NO3PSe. The van der Waals surface area contributed by atoms with E-state index in [1.807, 2.05) is 48.5 Å². The number of benzene rings is 4. The molecule has 0 aromatic heterocycles. The predicted molar refractivity (Wildman–Crippen MR) is 137 cm³/mol. The number of fused-ring (bicyclic) bond motifs is 7. The molecule has 1 N–H and O–H groups in total. The fraction of sp³-hybridized carbons (Fsp3) is 0.231. The van der Waals surface area contributed by atoms with E-state index in [-0.39, 0.29) is 0 Å². The van der Waals surface area contributed by atoms with E-state index in [1.54, 1.807) is 0 Å². The van der Waals surface area contributed by atoms with Gasteiger partial charge in [0, 0.05) is 0 Å². The standard InChI is InChI=1S/C20H13O3PSe.C6H15N/c21-24(25)22-17-11-9-13-5-1-3-7-15(13)19(17)20-16-8-4-2-6-14(16)10-12-18(20)23-24;1-4-7(5-2)6-3/h1-12H,(H,21,25);4-6H2,1-3H3. The van der Waals surface area contributed by atoms with Crippen molar-refractivity contribution < 1.29 is 13.9 Å². The molecule has 4 aromatic rings. The summed E-state index contributed by atoms with van der Waals surface area (Å²) in [6, 6.07) is 24.2. The number of hydrogen-bond acceptors (Lipinski definition) is 4. The van der Waals surface area contributed by atoms with Crippen molar-refractivity contribution in [3.8, 4) is 22.6 Å². The van der Waals surface area contributed by atoms with Crippen LogP contribution in [0, 0.1) is 0 Å². The molecule has 32 heavy (non-hydrogen) atoms. The SMILES string of the molecule is CCN(CC)CC.OP1(=[Se])Oc2ccc3ccccc3c2-c2c(ccc3ccccc23)O1. The second-order valence-electron chi connectivity index (χ2n) is 7.59. The topological polar surface area (TPSA) is 41.9 Å². The first kappa shape index (κ1) is 23.0. The molecule has 1 aliphatic rings. The molecule has 4 nitrogen and oxygen atoms in total. The Hall–Kier alpha value is -2.13. The second kappa shape index (κ2) is 9.79. The van der Waals surface area contributed by atoms with Crippen molar-refractivity contribution in [3.63, 3.8) is 0 Å². The zero-order valence-electron chi connectivity index (χ0n) is 18.6. The Morgan fingerprint density at radius 2 is 1.09 bits per heavy atom. The van der Waals surface area contributed by atoms with Crippen LogP contribution < -0.4 is 9.05 Å². The molecule has 0 fully saturated rings. The van der Waals surface area contributed by atoms with Gasteiger partial charge in [0.15, 0.2) is 0 Å². The van der Waals surface area contributed by atoms with Gasteiger partial charge in [-0.25, -0.2) is 0 Å². The quantitative estimate of drug-likeness (QED) is 0.248. The van der Waals surface area contributed by atoms with Crippen LogP contribution in [0.2, 0.25) is 0 Å². The van der Waals surface area contributed by atoms with Gasteiger partial charge < -0.3 is 4.90 Å². The number of rotatable bonds is 3. The van der Waals surface area contributed by atoms with Crippen molar-refractivity contribution in [2.75, 3.05) is 19.6 Å². The van der Waals surface area contributed by atoms with Crippen molar-refractivity contribution >= 4 is 42.8 Å². The zero-order chi connectivity index (χ0) is 22.7. The van der Waals surface area contributed by atoms with Crippen LogP contribution in [0.5, 0.6) is 11.5 Å². The van der Waals surface area contributed by atoms with Gasteiger partial charge in [-0.2, -0.15) is 0 Å². The van der Waals surface area contributed by atoms with E-state index in [2.05, 4.69) is 65.0 Å². The molecule has 1 aliphatic heterocycles. The summed E-state index contributed by atoms with van der Waals surface area (Å²) in [5, 5.41) is 4.38. The minimum absolute atomic E-state index is 0.628. The molecule has 0 amide bonds. The second-order valence-corrected chi connectivity index (χ2v) is 11.8. The predicted octanol–water partition coefficient (Wildman–Crippen LogP) is 6.62. The monoisotopic (exact) mass is 513 g/mol. The fourth-order valence-electron chi connectivity index (χ4n) is 4.11. The van der Waals surface area contributed by atoms with Gasteiger partial charge in [0.05, 0.1) is 0 Å². The van der Waals surface area contributed by atoms with Gasteiger partial charge in [-0.3, -0.25) is 0 Å². The van der Waals surface area contributed by atoms with Crippen LogP contribution in [-0.2, 0) is 0 Å². The van der Waals surface area contributed by atoms with Gasteiger partial charge in [-0.15, -0.1) is 0 Å². The zero-order valence-corrected chi connectivity index (χ0v) is 21.2. The van der Waals surface area contributed by atoms with Gasteiger partial charge in [-0.05, 0) is 19.6 Å². The molecule has 0 saturated carbocycles.